The molecule has 33 heavy (non-hydrogen) atoms. The van der Waals surface area contributed by atoms with Crippen LogP contribution in [0, 0.1) is 0 Å². The molecule has 2 aromatic heterocycles. The van der Waals surface area contributed by atoms with Gasteiger partial charge in [0, 0.05) is 61.7 Å². The molecule has 1 aliphatic rings. The number of benzene rings is 1. The molecule has 170 valence electrons. The second-order valence-electron chi connectivity index (χ2n) is 7.74. The molecule has 1 aliphatic heterocycles. The summed E-state index contributed by atoms with van der Waals surface area (Å²) in [7, 11) is 2.14. The van der Waals surface area contributed by atoms with Crippen LogP contribution in [0.15, 0.2) is 55.0 Å². The number of pyridine rings is 1. The van der Waals surface area contributed by atoms with Gasteiger partial charge in [-0.25, -0.2) is 19.7 Å². The number of esters is 1. The van der Waals surface area contributed by atoms with Crippen molar-refractivity contribution in [1.82, 2.24) is 19.9 Å². The molecule has 1 aromatic carbocycles. The summed E-state index contributed by atoms with van der Waals surface area (Å²) < 4.78 is 4.91. The highest BCUT2D eigenvalue weighted by molar-refractivity contribution is 6.07. The highest BCUT2D eigenvalue weighted by Gasteiger charge is 2.16. The number of rotatable bonds is 7. The number of piperazine rings is 1. The van der Waals surface area contributed by atoms with E-state index >= 15 is 0 Å². The number of ketones is 1. The second-order valence-corrected chi connectivity index (χ2v) is 7.74. The van der Waals surface area contributed by atoms with Gasteiger partial charge >= 0.3 is 5.97 Å². The standard InChI is InChI=1S/C24H26N6O3/c1-3-33-24(32)18-15-26-23(27-16-18)22(31)17-8-9-25-21(14-17)28-19-4-6-20(7-5-19)30-12-10-29(2)11-13-30/h4-9,14-16H,3,10-13H2,1-2H3,(H,25,28). The van der Waals surface area contributed by atoms with E-state index in [0.717, 1.165) is 31.9 Å². The van der Waals surface area contributed by atoms with Gasteiger partial charge in [0.05, 0.1) is 12.2 Å². The zero-order valence-electron chi connectivity index (χ0n) is 18.7. The Kier molecular flexibility index (Phi) is 6.89. The topological polar surface area (TPSA) is 101 Å². The van der Waals surface area contributed by atoms with Crippen molar-refractivity contribution in [3.63, 3.8) is 0 Å². The number of hydrogen-bond donors (Lipinski definition) is 1. The predicted octanol–water partition coefficient (Wildman–Crippen LogP) is 2.77. The SMILES string of the molecule is CCOC(=O)c1cnc(C(=O)c2ccnc(Nc3ccc(N4CCN(C)CC4)cc3)c2)nc1. The number of hydrogen-bond acceptors (Lipinski definition) is 9. The fourth-order valence-corrected chi connectivity index (χ4v) is 3.50. The second kappa shape index (κ2) is 10.2. The molecule has 3 aromatic rings. The molecular weight excluding hydrogens is 420 g/mol. The molecule has 3 heterocycles. The van der Waals surface area contributed by atoms with E-state index in [-0.39, 0.29) is 23.8 Å². The van der Waals surface area contributed by atoms with Crippen LogP contribution in [0.5, 0.6) is 0 Å². The zero-order chi connectivity index (χ0) is 23.2. The highest BCUT2D eigenvalue weighted by Crippen LogP contribution is 2.22. The van der Waals surface area contributed by atoms with E-state index in [0.29, 0.717) is 11.4 Å². The van der Waals surface area contributed by atoms with Crippen LogP contribution in [0.4, 0.5) is 17.2 Å². The molecule has 1 fully saturated rings. The Morgan fingerprint density at radius 2 is 1.67 bits per heavy atom. The van der Waals surface area contributed by atoms with Gasteiger partial charge < -0.3 is 19.9 Å². The summed E-state index contributed by atoms with van der Waals surface area (Å²) in [6.07, 6.45) is 4.14. The van der Waals surface area contributed by atoms with Gasteiger partial charge in [-0.3, -0.25) is 4.79 Å². The summed E-state index contributed by atoms with van der Waals surface area (Å²) in [5.41, 5.74) is 2.66. The van der Waals surface area contributed by atoms with E-state index in [1.165, 1.54) is 18.1 Å². The van der Waals surface area contributed by atoms with Crippen molar-refractivity contribution >= 4 is 28.9 Å². The van der Waals surface area contributed by atoms with Gasteiger partial charge in [-0.05, 0) is 50.4 Å². The average Bonchev–Trinajstić information content (AvgIpc) is 2.85. The molecule has 1 saturated heterocycles. The lowest BCUT2D eigenvalue weighted by molar-refractivity contribution is 0.0525. The number of aromatic nitrogens is 3. The predicted molar refractivity (Wildman–Crippen MR) is 125 cm³/mol. The molecule has 0 aliphatic carbocycles. The normalized spacial score (nSPS) is 14.1. The highest BCUT2D eigenvalue weighted by atomic mass is 16.5. The summed E-state index contributed by atoms with van der Waals surface area (Å²) >= 11 is 0. The summed E-state index contributed by atoms with van der Waals surface area (Å²) in [5.74, 6) is -0.347. The zero-order valence-corrected chi connectivity index (χ0v) is 18.7. The quantitative estimate of drug-likeness (QED) is 0.434. The maximum absolute atomic E-state index is 12.8. The Balaban J connectivity index is 1.42. The molecule has 9 heteroatoms. The van der Waals surface area contributed by atoms with Gasteiger partial charge in [0.2, 0.25) is 11.6 Å². The largest absolute Gasteiger partial charge is 0.462 e. The monoisotopic (exact) mass is 446 g/mol. The van der Waals surface area contributed by atoms with Gasteiger partial charge in [0.1, 0.15) is 5.82 Å². The van der Waals surface area contributed by atoms with E-state index < -0.39 is 5.97 Å². The first kappa shape index (κ1) is 22.3. The number of carbonyl (C=O) groups is 2. The van der Waals surface area contributed by atoms with Crippen LogP contribution in [-0.2, 0) is 4.74 Å². The first-order chi connectivity index (χ1) is 16.0. The minimum atomic E-state index is -0.523. The minimum Gasteiger partial charge on any atom is -0.462 e. The minimum absolute atomic E-state index is 0.00303. The first-order valence-corrected chi connectivity index (χ1v) is 10.8. The van der Waals surface area contributed by atoms with Crippen LogP contribution in [-0.4, -0.2) is 71.4 Å². The third kappa shape index (κ3) is 5.50. The van der Waals surface area contributed by atoms with Crippen molar-refractivity contribution in [1.29, 1.82) is 0 Å². The maximum atomic E-state index is 12.8. The van der Waals surface area contributed by atoms with Gasteiger partial charge in [0.15, 0.2) is 0 Å². The molecule has 0 unspecified atom stereocenters. The fraction of sp³-hybridized carbons (Fsp3) is 0.292. The van der Waals surface area contributed by atoms with Crippen molar-refractivity contribution in [3.8, 4) is 0 Å². The van der Waals surface area contributed by atoms with E-state index in [1.54, 1.807) is 25.3 Å². The summed E-state index contributed by atoms with van der Waals surface area (Å²) in [6.45, 7) is 6.11. The van der Waals surface area contributed by atoms with Crippen LogP contribution < -0.4 is 10.2 Å². The molecule has 0 radical (unpaired) electrons. The van der Waals surface area contributed by atoms with Crippen molar-refractivity contribution < 1.29 is 14.3 Å². The number of anilines is 3. The maximum Gasteiger partial charge on any atom is 0.341 e. The van der Waals surface area contributed by atoms with E-state index in [4.69, 9.17) is 4.74 Å². The molecule has 0 spiro atoms. The van der Waals surface area contributed by atoms with Crippen LogP contribution >= 0.6 is 0 Å². The van der Waals surface area contributed by atoms with E-state index in [9.17, 15) is 9.59 Å². The molecule has 1 N–H and O–H groups in total. The average molecular weight is 447 g/mol. The number of ether oxygens (including phenoxy) is 1. The lowest BCUT2D eigenvalue weighted by Crippen LogP contribution is -2.44. The Morgan fingerprint density at radius 3 is 2.33 bits per heavy atom. The molecule has 0 saturated carbocycles. The van der Waals surface area contributed by atoms with Gasteiger partial charge in [-0.2, -0.15) is 0 Å². The van der Waals surface area contributed by atoms with Gasteiger partial charge in [-0.15, -0.1) is 0 Å². The Hall–Kier alpha value is -3.85. The van der Waals surface area contributed by atoms with Crippen LogP contribution in [0.3, 0.4) is 0 Å². The summed E-state index contributed by atoms with van der Waals surface area (Å²) in [5, 5.41) is 3.23. The molecular formula is C24H26N6O3. The molecule has 0 amide bonds. The Bertz CT molecular complexity index is 1110. The molecule has 4 rings (SSSR count). The molecule has 9 nitrogen and oxygen atoms in total. The summed E-state index contributed by atoms with van der Waals surface area (Å²) in [4.78, 5) is 41.6. The van der Waals surface area contributed by atoms with Crippen molar-refractivity contribution in [2.24, 2.45) is 0 Å². The smallest absolute Gasteiger partial charge is 0.341 e. The first-order valence-electron chi connectivity index (χ1n) is 10.8. The van der Waals surface area contributed by atoms with Gasteiger partial charge in [0.25, 0.3) is 0 Å². The van der Waals surface area contributed by atoms with Crippen LogP contribution in [0.25, 0.3) is 0 Å². The number of nitrogens with zero attached hydrogens (tertiary/aromatic N) is 5. The van der Waals surface area contributed by atoms with Crippen molar-refractivity contribution in [2.45, 2.75) is 6.92 Å². The Morgan fingerprint density at radius 1 is 0.970 bits per heavy atom. The van der Waals surface area contributed by atoms with Crippen molar-refractivity contribution in [2.75, 3.05) is 50.1 Å². The third-order valence-corrected chi connectivity index (χ3v) is 5.40. The van der Waals surface area contributed by atoms with Crippen LogP contribution in [0.1, 0.15) is 33.5 Å². The van der Waals surface area contributed by atoms with E-state index in [1.807, 2.05) is 12.1 Å². The van der Waals surface area contributed by atoms with E-state index in [2.05, 4.69) is 49.2 Å². The molecule has 0 bridgehead atoms. The van der Waals surface area contributed by atoms with Crippen molar-refractivity contribution in [3.05, 3.63) is 71.9 Å². The summed E-state index contributed by atoms with van der Waals surface area (Å²) in [6, 6.07) is 11.4. The number of carbonyl (C=O) groups excluding carboxylic acids is 2. The Labute approximate surface area is 192 Å². The lowest BCUT2D eigenvalue weighted by atomic mass is 10.1. The number of likely N-dealkylation sites (N-methyl/N-ethyl adjacent to an activating group) is 1. The lowest BCUT2D eigenvalue weighted by Gasteiger charge is -2.34. The third-order valence-electron chi connectivity index (χ3n) is 5.40. The van der Waals surface area contributed by atoms with Crippen LogP contribution in [0.2, 0.25) is 0 Å². The fourth-order valence-electron chi connectivity index (χ4n) is 3.50. The number of nitrogens with one attached hydrogen (secondary N) is 1. The van der Waals surface area contributed by atoms with Gasteiger partial charge in [-0.1, -0.05) is 0 Å². The molecule has 0 atom stereocenters.